The third-order valence-corrected chi connectivity index (χ3v) is 6.79. The van der Waals surface area contributed by atoms with Gasteiger partial charge in [0.1, 0.15) is 4.21 Å². The van der Waals surface area contributed by atoms with Gasteiger partial charge in [-0.05, 0) is 43.2 Å². The minimum atomic E-state index is -3.62. The van der Waals surface area contributed by atoms with E-state index < -0.39 is 10.0 Å². The number of sulfonamides is 1. The summed E-state index contributed by atoms with van der Waals surface area (Å²) < 4.78 is 22.5. The van der Waals surface area contributed by atoms with E-state index in [1.807, 2.05) is 0 Å². The van der Waals surface area contributed by atoms with Crippen molar-refractivity contribution in [3.05, 3.63) is 29.2 Å². The molecule has 7 heteroatoms. The molecule has 2 bridgehead atoms. The number of fused-ring (bicyclic) bond motifs is 2. The summed E-state index contributed by atoms with van der Waals surface area (Å²) in [4.78, 5) is 13.0. The van der Waals surface area contributed by atoms with Crippen LogP contribution in [0.1, 0.15) is 17.7 Å². The number of hydrogen-bond donors (Lipinski definition) is 2. The number of primary sulfonamides is 1. The van der Waals surface area contributed by atoms with Crippen LogP contribution in [0.4, 0.5) is 0 Å². The topological polar surface area (TPSA) is 89.3 Å². The second kappa shape index (κ2) is 5.55. The Balaban J connectivity index is 1.49. The quantitative estimate of drug-likeness (QED) is 0.799. The number of rotatable bonds is 5. The average molecular weight is 326 g/mol. The summed E-state index contributed by atoms with van der Waals surface area (Å²) in [6.45, 7) is 0.529. The lowest BCUT2D eigenvalue weighted by Gasteiger charge is -2.17. The van der Waals surface area contributed by atoms with E-state index in [-0.39, 0.29) is 16.0 Å². The van der Waals surface area contributed by atoms with Crippen LogP contribution < -0.4 is 10.5 Å². The molecule has 2 aliphatic carbocycles. The van der Waals surface area contributed by atoms with E-state index in [0.29, 0.717) is 24.8 Å². The van der Waals surface area contributed by atoms with Crippen LogP contribution in [-0.2, 0) is 21.2 Å². The maximum Gasteiger partial charge on any atom is 0.247 e. The zero-order valence-electron chi connectivity index (χ0n) is 11.5. The molecule has 1 aromatic rings. The largest absolute Gasteiger partial charge is 0.355 e. The molecule has 0 radical (unpaired) electrons. The number of allylic oxidation sites excluding steroid dienone is 2. The highest BCUT2D eigenvalue weighted by Gasteiger charge is 2.39. The van der Waals surface area contributed by atoms with Gasteiger partial charge in [0.2, 0.25) is 15.9 Å². The maximum atomic E-state index is 12.1. The Kier molecular flexibility index (Phi) is 3.90. The first-order valence-corrected chi connectivity index (χ1v) is 9.37. The lowest BCUT2D eigenvalue weighted by Crippen LogP contribution is -2.34. The van der Waals surface area contributed by atoms with E-state index in [4.69, 9.17) is 5.14 Å². The number of nitrogens with one attached hydrogen (secondary N) is 1. The van der Waals surface area contributed by atoms with Gasteiger partial charge in [0.05, 0.1) is 0 Å². The highest BCUT2D eigenvalue weighted by molar-refractivity contribution is 7.91. The summed E-state index contributed by atoms with van der Waals surface area (Å²) in [5.74, 6) is 1.23. The lowest BCUT2D eigenvalue weighted by atomic mass is 9.93. The highest BCUT2D eigenvalue weighted by atomic mass is 32.2. The van der Waals surface area contributed by atoms with Gasteiger partial charge in [0, 0.05) is 17.3 Å². The second-order valence-electron chi connectivity index (χ2n) is 5.69. The van der Waals surface area contributed by atoms with E-state index >= 15 is 0 Å². The molecule has 1 aromatic heterocycles. The van der Waals surface area contributed by atoms with Gasteiger partial charge in [-0.2, -0.15) is 0 Å². The normalized spacial score (nSPS) is 27.2. The van der Waals surface area contributed by atoms with Crippen LogP contribution in [-0.4, -0.2) is 20.9 Å². The van der Waals surface area contributed by atoms with Crippen molar-refractivity contribution in [3.63, 3.8) is 0 Å². The Labute approximate surface area is 128 Å². The third kappa shape index (κ3) is 3.20. The van der Waals surface area contributed by atoms with Gasteiger partial charge in [-0.3, -0.25) is 4.79 Å². The molecule has 3 atom stereocenters. The first-order chi connectivity index (χ1) is 9.93. The number of nitrogens with two attached hydrogens (primary N) is 1. The van der Waals surface area contributed by atoms with Gasteiger partial charge in [0.25, 0.3) is 0 Å². The van der Waals surface area contributed by atoms with Crippen molar-refractivity contribution in [3.8, 4) is 0 Å². The number of carbonyl (C=O) groups is 1. The van der Waals surface area contributed by atoms with Crippen molar-refractivity contribution in [2.45, 2.75) is 23.5 Å². The van der Waals surface area contributed by atoms with Crippen LogP contribution in [0.2, 0.25) is 0 Å². The molecule has 0 spiro atoms. The number of amides is 1. The van der Waals surface area contributed by atoms with Gasteiger partial charge in [-0.1, -0.05) is 12.2 Å². The fourth-order valence-corrected chi connectivity index (χ4v) is 4.95. The van der Waals surface area contributed by atoms with Gasteiger partial charge >= 0.3 is 0 Å². The molecular formula is C14H18N2O3S2. The summed E-state index contributed by atoms with van der Waals surface area (Å²) in [6.07, 6.45) is 7.08. The molecule has 3 rings (SSSR count). The van der Waals surface area contributed by atoms with Crippen molar-refractivity contribution < 1.29 is 13.2 Å². The predicted molar refractivity (Wildman–Crippen MR) is 81.2 cm³/mol. The summed E-state index contributed by atoms with van der Waals surface area (Å²) in [7, 11) is -3.62. The second-order valence-corrected chi connectivity index (χ2v) is 8.65. The number of thiophene rings is 1. The Hall–Kier alpha value is -1.18. The molecule has 1 fully saturated rings. The molecular weight excluding hydrogens is 308 g/mol. The Morgan fingerprint density at radius 3 is 2.71 bits per heavy atom. The molecule has 1 amide bonds. The van der Waals surface area contributed by atoms with Gasteiger partial charge in [-0.25, -0.2) is 13.6 Å². The van der Waals surface area contributed by atoms with Gasteiger partial charge in [0.15, 0.2) is 0 Å². The summed E-state index contributed by atoms with van der Waals surface area (Å²) in [5, 5.41) is 8.03. The summed E-state index contributed by atoms with van der Waals surface area (Å²) in [5.41, 5.74) is 0. The molecule has 21 heavy (non-hydrogen) atoms. The van der Waals surface area contributed by atoms with Crippen molar-refractivity contribution >= 4 is 27.3 Å². The third-order valence-electron chi connectivity index (χ3n) is 4.20. The molecule has 5 nitrogen and oxygen atoms in total. The van der Waals surface area contributed by atoms with E-state index in [1.165, 1.54) is 6.07 Å². The molecule has 114 valence electrons. The molecule has 0 aromatic carbocycles. The van der Waals surface area contributed by atoms with E-state index in [9.17, 15) is 13.2 Å². The maximum absolute atomic E-state index is 12.1. The molecule has 0 aliphatic heterocycles. The summed E-state index contributed by atoms with van der Waals surface area (Å²) in [6, 6.07) is 3.26. The first-order valence-electron chi connectivity index (χ1n) is 7.01. The van der Waals surface area contributed by atoms with Crippen LogP contribution in [0, 0.1) is 17.8 Å². The van der Waals surface area contributed by atoms with Crippen LogP contribution in [0.15, 0.2) is 28.5 Å². The SMILES string of the molecule is NS(=O)(=O)c1ccc(CCNC(=O)C2CC3C=CC2C3)s1. The van der Waals surface area contributed by atoms with Gasteiger partial charge < -0.3 is 5.32 Å². The minimum absolute atomic E-state index is 0.114. The standard InChI is InChI=1S/C14H18N2O3S2/c15-21(18,19)13-4-3-11(20-13)5-6-16-14(17)12-8-9-1-2-10(12)7-9/h1-4,9-10,12H,5-8H2,(H,16,17)(H2,15,18,19). The van der Waals surface area contributed by atoms with Crippen LogP contribution >= 0.6 is 11.3 Å². The van der Waals surface area contributed by atoms with E-state index in [1.54, 1.807) is 6.07 Å². The lowest BCUT2D eigenvalue weighted by molar-refractivity contribution is -0.125. The molecule has 0 saturated heterocycles. The average Bonchev–Trinajstić information content (AvgIpc) is 3.13. The smallest absolute Gasteiger partial charge is 0.247 e. The molecule has 3 N–H and O–H groups in total. The first kappa shape index (κ1) is 14.7. The molecule has 1 heterocycles. The Bertz CT molecular complexity index is 678. The fraction of sp³-hybridized carbons (Fsp3) is 0.500. The Morgan fingerprint density at radius 2 is 2.14 bits per heavy atom. The van der Waals surface area contributed by atoms with E-state index in [2.05, 4.69) is 17.5 Å². The van der Waals surface area contributed by atoms with Crippen molar-refractivity contribution in [2.75, 3.05) is 6.54 Å². The summed E-state index contributed by atoms with van der Waals surface area (Å²) >= 11 is 1.16. The van der Waals surface area contributed by atoms with Crippen molar-refractivity contribution in [1.82, 2.24) is 5.32 Å². The van der Waals surface area contributed by atoms with Crippen LogP contribution in [0.25, 0.3) is 0 Å². The zero-order chi connectivity index (χ0) is 15.0. The minimum Gasteiger partial charge on any atom is -0.355 e. The van der Waals surface area contributed by atoms with Gasteiger partial charge in [-0.15, -0.1) is 11.3 Å². The van der Waals surface area contributed by atoms with Crippen molar-refractivity contribution in [2.24, 2.45) is 22.9 Å². The van der Waals surface area contributed by atoms with Crippen LogP contribution in [0.3, 0.4) is 0 Å². The zero-order valence-corrected chi connectivity index (χ0v) is 13.1. The predicted octanol–water partition coefficient (Wildman–Crippen LogP) is 1.27. The number of hydrogen-bond acceptors (Lipinski definition) is 4. The fourth-order valence-electron chi connectivity index (χ4n) is 3.17. The highest BCUT2D eigenvalue weighted by Crippen LogP contribution is 2.43. The molecule has 3 unspecified atom stereocenters. The van der Waals surface area contributed by atoms with E-state index in [0.717, 1.165) is 29.1 Å². The Morgan fingerprint density at radius 1 is 1.33 bits per heavy atom. The molecule has 1 saturated carbocycles. The molecule has 2 aliphatic rings. The monoisotopic (exact) mass is 326 g/mol. The van der Waals surface area contributed by atoms with Crippen molar-refractivity contribution in [1.29, 1.82) is 0 Å². The van der Waals surface area contributed by atoms with Crippen LogP contribution in [0.5, 0.6) is 0 Å². The number of carbonyl (C=O) groups excluding carboxylic acids is 1.